The molecule has 32 heavy (non-hydrogen) atoms. The summed E-state index contributed by atoms with van der Waals surface area (Å²) in [6, 6.07) is 18.5. The average molecular weight is 430 g/mol. The van der Waals surface area contributed by atoms with Crippen molar-refractivity contribution >= 4 is 34.2 Å². The van der Waals surface area contributed by atoms with Crippen LogP contribution in [-0.2, 0) is 16.1 Å². The number of amides is 3. The van der Waals surface area contributed by atoms with Gasteiger partial charge in [0.1, 0.15) is 12.6 Å². The summed E-state index contributed by atoms with van der Waals surface area (Å²) >= 11 is 0. The predicted octanol–water partition coefficient (Wildman–Crippen LogP) is 3.66. The number of likely N-dealkylation sites (N-methyl/N-ethyl adjacent to an activating group) is 1. The standard InChI is InChI=1S/C26H27N3O3/c1-4-27-25(31)18(3)28(15-19-13-11-17(2)12-14-19)23(30)16-29-22-10-6-8-20-7-5-9-21(24(20)22)26(29)32/h5-14,18H,4,15-16H2,1-3H3,(H,27,31)/t18-/m0/s1. The van der Waals surface area contributed by atoms with Crippen molar-refractivity contribution in [3.05, 3.63) is 77.4 Å². The minimum Gasteiger partial charge on any atom is -0.355 e. The van der Waals surface area contributed by atoms with Gasteiger partial charge in [0.05, 0.1) is 5.69 Å². The van der Waals surface area contributed by atoms with Crippen LogP contribution in [-0.4, -0.2) is 41.8 Å². The number of anilines is 1. The van der Waals surface area contributed by atoms with E-state index in [-0.39, 0.29) is 30.8 Å². The van der Waals surface area contributed by atoms with Crippen LogP contribution in [0.1, 0.15) is 35.3 Å². The number of aryl methyl sites for hydroxylation is 1. The summed E-state index contributed by atoms with van der Waals surface area (Å²) in [7, 11) is 0. The highest BCUT2D eigenvalue weighted by Crippen LogP contribution is 2.37. The van der Waals surface area contributed by atoms with Gasteiger partial charge < -0.3 is 10.2 Å². The molecule has 3 aromatic rings. The second-order valence-corrected chi connectivity index (χ2v) is 8.15. The molecule has 0 aromatic heterocycles. The minimum atomic E-state index is -0.667. The van der Waals surface area contributed by atoms with Gasteiger partial charge in [0.15, 0.2) is 0 Å². The first-order valence-corrected chi connectivity index (χ1v) is 10.9. The van der Waals surface area contributed by atoms with E-state index in [9.17, 15) is 14.4 Å². The molecule has 0 bridgehead atoms. The van der Waals surface area contributed by atoms with Crippen molar-refractivity contribution in [3.63, 3.8) is 0 Å². The van der Waals surface area contributed by atoms with Gasteiger partial charge >= 0.3 is 0 Å². The number of nitrogens with one attached hydrogen (secondary N) is 1. The van der Waals surface area contributed by atoms with Crippen LogP contribution in [0.2, 0.25) is 0 Å². The Bertz CT molecular complexity index is 1180. The van der Waals surface area contributed by atoms with Gasteiger partial charge in [-0.05, 0) is 43.9 Å². The summed E-state index contributed by atoms with van der Waals surface area (Å²) in [5.74, 6) is -0.681. The molecule has 0 saturated carbocycles. The van der Waals surface area contributed by atoms with E-state index in [0.717, 1.165) is 27.6 Å². The predicted molar refractivity (Wildman–Crippen MR) is 125 cm³/mol. The lowest BCUT2D eigenvalue weighted by molar-refractivity contribution is -0.139. The maximum absolute atomic E-state index is 13.5. The number of rotatable bonds is 7. The Hall–Kier alpha value is -3.67. The van der Waals surface area contributed by atoms with Crippen LogP contribution in [0.3, 0.4) is 0 Å². The fraction of sp³-hybridized carbons (Fsp3) is 0.269. The van der Waals surface area contributed by atoms with Crippen LogP contribution in [0.25, 0.3) is 10.8 Å². The molecule has 1 N–H and O–H groups in total. The van der Waals surface area contributed by atoms with Gasteiger partial charge in [0.25, 0.3) is 5.91 Å². The Morgan fingerprint density at radius 2 is 1.72 bits per heavy atom. The molecule has 0 unspecified atom stereocenters. The van der Waals surface area contributed by atoms with Crippen LogP contribution < -0.4 is 10.2 Å². The van der Waals surface area contributed by atoms with Gasteiger partial charge in [-0.3, -0.25) is 19.3 Å². The van der Waals surface area contributed by atoms with Crippen LogP contribution in [0.15, 0.2) is 60.7 Å². The van der Waals surface area contributed by atoms with E-state index in [2.05, 4.69) is 5.32 Å². The topological polar surface area (TPSA) is 69.7 Å². The highest BCUT2D eigenvalue weighted by molar-refractivity contribution is 6.26. The molecule has 0 radical (unpaired) electrons. The Morgan fingerprint density at radius 3 is 2.41 bits per heavy atom. The molecule has 1 aliphatic rings. The van der Waals surface area contributed by atoms with E-state index >= 15 is 0 Å². The Balaban J connectivity index is 1.62. The highest BCUT2D eigenvalue weighted by atomic mass is 16.2. The molecule has 0 saturated heterocycles. The van der Waals surface area contributed by atoms with Crippen LogP contribution in [0, 0.1) is 6.92 Å². The van der Waals surface area contributed by atoms with Crippen molar-refractivity contribution in [2.24, 2.45) is 0 Å². The number of carbonyl (C=O) groups excluding carboxylic acids is 3. The molecule has 4 rings (SSSR count). The van der Waals surface area contributed by atoms with Crippen molar-refractivity contribution < 1.29 is 14.4 Å². The van der Waals surface area contributed by atoms with Gasteiger partial charge in [-0.25, -0.2) is 0 Å². The van der Waals surface area contributed by atoms with Crippen LogP contribution in [0.4, 0.5) is 5.69 Å². The summed E-state index contributed by atoms with van der Waals surface area (Å²) in [4.78, 5) is 42.3. The zero-order chi connectivity index (χ0) is 22.8. The smallest absolute Gasteiger partial charge is 0.259 e. The summed E-state index contributed by atoms with van der Waals surface area (Å²) in [5.41, 5.74) is 3.39. The molecule has 6 nitrogen and oxygen atoms in total. The van der Waals surface area contributed by atoms with E-state index in [1.807, 2.05) is 68.4 Å². The second kappa shape index (κ2) is 8.83. The summed E-state index contributed by atoms with van der Waals surface area (Å²) < 4.78 is 0. The third kappa shape index (κ3) is 3.96. The zero-order valence-corrected chi connectivity index (χ0v) is 18.6. The number of hydrogen-bond donors (Lipinski definition) is 1. The van der Waals surface area contributed by atoms with Crippen LogP contribution >= 0.6 is 0 Å². The lowest BCUT2D eigenvalue weighted by Gasteiger charge is -2.30. The largest absolute Gasteiger partial charge is 0.355 e. The molecule has 164 valence electrons. The van der Waals surface area contributed by atoms with Gasteiger partial charge in [-0.2, -0.15) is 0 Å². The number of nitrogens with zero attached hydrogens (tertiary/aromatic N) is 2. The molecule has 1 atom stereocenters. The van der Waals surface area contributed by atoms with Crippen molar-refractivity contribution in [2.45, 2.75) is 33.4 Å². The maximum atomic E-state index is 13.5. The molecule has 1 aliphatic heterocycles. The van der Waals surface area contributed by atoms with E-state index in [4.69, 9.17) is 0 Å². The van der Waals surface area contributed by atoms with E-state index < -0.39 is 6.04 Å². The van der Waals surface area contributed by atoms with Gasteiger partial charge in [-0.15, -0.1) is 0 Å². The molecule has 6 heteroatoms. The fourth-order valence-electron chi connectivity index (χ4n) is 4.16. The van der Waals surface area contributed by atoms with Crippen molar-refractivity contribution in [3.8, 4) is 0 Å². The Morgan fingerprint density at radius 1 is 1.03 bits per heavy atom. The summed E-state index contributed by atoms with van der Waals surface area (Å²) in [5, 5.41) is 4.63. The van der Waals surface area contributed by atoms with Crippen molar-refractivity contribution in [1.29, 1.82) is 0 Å². The molecule has 1 heterocycles. The monoisotopic (exact) mass is 429 g/mol. The fourth-order valence-corrected chi connectivity index (χ4v) is 4.16. The van der Waals surface area contributed by atoms with Crippen molar-refractivity contribution in [2.75, 3.05) is 18.0 Å². The molecule has 3 aromatic carbocycles. The van der Waals surface area contributed by atoms with Crippen molar-refractivity contribution in [1.82, 2.24) is 10.2 Å². The summed E-state index contributed by atoms with van der Waals surface area (Å²) in [6.45, 7) is 6.22. The lowest BCUT2D eigenvalue weighted by Crippen LogP contribution is -2.50. The molecule has 0 aliphatic carbocycles. The number of benzene rings is 3. The minimum absolute atomic E-state index is 0.123. The SMILES string of the molecule is CCNC(=O)[C@H](C)N(Cc1ccc(C)cc1)C(=O)CN1C(=O)c2cccc3cccc1c23. The zero-order valence-electron chi connectivity index (χ0n) is 18.6. The first-order valence-electron chi connectivity index (χ1n) is 10.9. The molecule has 0 fully saturated rings. The third-order valence-corrected chi connectivity index (χ3v) is 5.93. The average Bonchev–Trinajstić information content (AvgIpc) is 3.06. The Labute approximate surface area is 187 Å². The van der Waals surface area contributed by atoms with Gasteiger partial charge in [-0.1, -0.05) is 54.1 Å². The van der Waals surface area contributed by atoms with Crippen LogP contribution in [0.5, 0.6) is 0 Å². The molecular formula is C26H27N3O3. The quantitative estimate of drug-likeness (QED) is 0.623. The maximum Gasteiger partial charge on any atom is 0.259 e. The molecule has 3 amide bonds. The summed E-state index contributed by atoms with van der Waals surface area (Å²) in [6.07, 6.45) is 0. The molecule has 0 spiro atoms. The Kier molecular flexibility index (Phi) is 5.95. The van der Waals surface area contributed by atoms with Gasteiger partial charge in [0, 0.05) is 24.0 Å². The van der Waals surface area contributed by atoms with E-state index in [1.165, 1.54) is 4.90 Å². The highest BCUT2D eigenvalue weighted by Gasteiger charge is 2.34. The first-order chi connectivity index (χ1) is 15.4. The first kappa shape index (κ1) is 21.6. The third-order valence-electron chi connectivity index (χ3n) is 5.93. The van der Waals surface area contributed by atoms with Gasteiger partial charge in [0.2, 0.25) is 11.8 Å². The molecular weight excluding hydrogens is 402 g/mol. The lowest BCUT2D eigenvalue weighted by atomic mass is 10.1. The van der Waals surface area contributed by atoms with E-state index in [0.29, 0.717) is 12.1 Å². The normalized spacial score (nSPS) is 13.3. The number of hydrogen-bond acceptors (Lipinski definition) is 3. The number of carbonyl (C=O) groups is 3. The van der Waals surface area contributed by atoms with E-state index in [1.54, 1.807) is 17.9 Å². The second-order valence-electron chi connectivity index (χ2n) is 8.15.